The second kappa shape index (κ2) is 8.67. The van der Waals surface area contributed by atoms with E-state index in [2.05, 4.69) is 35.1 Å². The molecule has 0 saturated carbocycles. The SMILES string of the molecule is CCCn1c(C)c(C(=O)N[C@H](c2ccccc2)C(C)C)c(C)c(Br)c1=O. The number of hydrogen-bond acceptors (Lipinski definition) is 2. The van der Waals surface area contributed by atoms with Gasteiger partial charge < -0.3 is 9.88 Å². The van der Waals surface area contributed by atoms with Crippen LogP contribution in [0.15, 0.2) is 39.6 Å². The maximum Gasteiger partial charge on any atom is 0.265 e. The van der Waals surface area contributed by atoms with Crippen molar-refractivity contribution in [3.8, 4) is 0 Å². The minimum Gasteiger partial charge on any atom is -0.345 e. The molecule has 1 N–H and O–H groups in total. The average molecular weight is 419 g/mol. The van der Waals surface area contributed by atoms with E-state index in [4.69, 9.17) is 0 Å². The van der Waals surface area contributed by atoms with Gasteiger partial charge in [-0.1, -0.05) is 51.1 Å². The Morgan fingerprint density at radius 3 is 2.35 bits per heavy atom. The molecule has 0 saturated heterocycles. The fourth-order valence-corrected chi connectivity index (χ4v) is 3.70. The lowest BCUT2D eigenvalue weighted by Gasteiger charge is -2.25. The highest BCUT2D eigenvalue weighted by atomic mass is 79.9. The smallest absolute Gasteiger partial charge is 0.265 e. The summed E-state index contributed by atoms with van der Waals surface area (Å²) in [5.41, 5.74) is 2.97. The number of carbonyl (C=O) groups is 1. The van der Waals surface area contributed by atoms with Gasteiger partial charge in [-0.05, 0) is 53.2 Å². The Hall–Kier alpha value is -1.88. The fourth-order valence-electron chi connectivity index (χ4n) is 3.28. The molecule has 0 bridgehead atoms. The first-order valence-electron chi connectivity index (χ1n) is 9.04. The largest absolute Gasteiger partial charge is 0.345 e. The molecule has 1 atom stereocenters. The Morgan fingerprint density at radius 2 is 1.81 bits per heavy atom. The predicted octanol–water partition coefficient (Wildman–Crippen LogP) is 4.76. The third-order valence-corrected chi connectivity index (χ3v) is 5.62. The minimum atomic E-state index is -0.145. The molecule has 0 aliphatic rings. The van der Waals surface area contributed by atoms with Crippen LogP contribution in [0.25, 0.3) is 0 Å². The van der Waals surface area contributed by atoms with Gasteiger partial charge in [-0.3, -0.25) is 9.59 Å². The van der Waals surface area contributed by atoms with Gasteiger partial charge in [0, 0.05) is 12.2 Å². The molecule has 5 heteroatoms. The lowest BCUT2D eigenvalue weighted by atomic mass is 9.95. The van der Waals surface area contributed by atoms with Gasteiger partial charge in [-0.25, -0.2) is 0 Å². The van der Waals surface area contributed by atoms with Crippen LogP contribution < -0.4 is 10.9 Å². The summed E-state index contributed by atoms with van der Waals surface area (Å²) in [4.78, 5) is 25.7. The summed E-state index contributed by atoms with van der Waals surface area (Å²) in [6.07, 6.45) is 0.829. The van der Waals surface area contributed by atoms with E-state index >= 15 is 0 Å². The zero-order valence-corrected chi connectivity index (χ0v) is 17.7. The van der Waals surface area contributed by atoms with Gasteiger partial charge in [-0.2, -0.15) is 0 Å². The van der Waals surface area contributed by atoms with E-state index in [1.807, 2.05) is 51.1 Å². The highest BCUT2D eigenvalue weighted by Gasteiger charge is 2.24. The minimum absolute atomic E-state index is 0.0816. The molecular weight excluding hydrogens is 392 g/mol. The van der Waals surface area contributed by atoms with Gasteiger partial charge in [0.15, 0.2) is 0 Å². The van der Waals surface area contributed by atoms with E-state index in [0.29, 0.717) is 27.8 Å². The molecule has 2 aromatic rings. The van der Waals surface area contributed by atoms with E-state index < -0.39 is 0 Å². The molecule has 1 heterocycles. The van der Waals surface area contributed by atoms with Crippen molar-refractivity contribution in [3.63, 3.8) is 0 Å². The Morgan fingerprint density at radius 1 is 1.19 bits per heavy atom. The number of aromatic nitrogens is 1. The quantitative estimate of drug-likeness (QED) is 0.734. The van der Waals surface area contributed by atoms with Crippen molar-refractivity contribution in [1.29, 1.82) is 0 Å². The molecular formula is C21H27BrN2O2. The second-order valence-corrected chi connectivity index (χ2v) is 7.76. The van der Waals surface area contributed by atoms with Gasteiger partial charge in [0.05, 0.1) is 16.1 Å². The van der Waals surface area contributed by atoms with E-state index in [-0.39, 0.29) is 23.4 Å². The number of nitrogens with one attached hydrogen (secondary N) is 1. The number of carbonyl (C=O) groups excluding carboxylic acids is 1. The maximum absolute atomic E-state index is 13.1. The van der Waals surface area contributed by atoms with E-state index in [9.17, 15) is 9.59 Å². The van der Waals surface area contributed by atoms with Crippen LogP contribution in [0.2, 0.25) is 0 Å². The van der Waals surface area contributed by atoms with Crippen LogP contribution in [-0.2, 0) is 6.54 Å². The molecule has 0 spiro atoms. The molecule has 0 aliphatic heterocycles. The normalized spacial score (nSPS) is 12.3. The van der Waals surface area contributed by atoms with Crippen LogP contribution in [0, 0.1) is 19.8 Å². The Kier molecular flexibility index (Phi) is 6.81. The Bertz CT molecular complexity index is 841. The van der Waals surface area contributed by atoms with Crippen molar-refractivity contribution in [3.05, 3.63) is 67.5 Å². The van der Waals surface area contributed by atoms with Crippen molar-refractivity contribution in [2.45, 2.75) is 53.6 Å². The monoisotopic (exact) mass is 418 g/mol. The summed E-state index contributed by atoms with van der Waals surface area (Å²) in [6.45, 7) is 10.5. The summed E-state index contributed by atoms with van der Waals surface area (Å²) in [5, 5.41) is 3.17. The lowest BCUT2D eigenvalue weighted by Crippen LogP contribution is -2.35. The first kappa shape index (κ1) is 20.4. The molecule has 0 fully saturated rings. The van der Waals surface area contributed by atoms with Crippen LogP contribution in [0.5, 0.6) is 0 Å². The van der Waals surface area contributed by atoms with Gasteiger partial charge in [0.1, 0.15) is 0 Å². The van der Waals surface area contributed by atoms with Crippen LogP contribution in [0.3, 0.4) is 0 Å². The third-order valence-electron chi connectivity index (χ3n) is 4.69. The topological polar surface area (TPSA) is 51.1 Å². The summed E-state index contributed by atoms with van der Waals surface area (Å²) in [6, 6.07) is 9.88. The molecule has 0 unspecified atom stereocenters. The molecule has 1 aromatic heterocycles. The van der Waals surface area contributed by atoms with Crippen molar-refractivity contribution in [2.75, 3.05) is 0 Å². The van der Waals surface area contributed by atoms with Crippen LogP contribution in [-0.4, -0.2) is 10.5 Å². The number of rotatable bonds is 6. The molecule has 26 heavy (non-hydrogen) atoms. The number of hydrogen-bond donors (Lipinski definition) is 1. The van der Waals surface area contributed by atoms with Gasteiger partial charge >= 0.3 is 0 Å². The number of pyridine rings is 1. The number of benzene rings is 1. The molecule has 0 radical (unpaired) electrons. The molecule has 0 aliphatic carbocycles. The highest BCUT2D eigenvalue weighted by Crippen LogP contribution is 2.24. The second-order valence-electron chi connectivity index (χ2n) is 6.96. The zero-order chi connectivity index (χ0) is 19.4. The summed E-state index contributed by atoms with van der Waals surface area (Å²) in [5.74, 6) is 0.0973. The van der Waals surface area contributed by atoms with Crippen LogP contribution in [0.4, 0.5) is 0 Å². The van der Waals surface area contributed by atoms with E-state index in [1.165, 1.54) is 0 Å². The number of amides is 1. The molecule has 4 nitrogen and oxygen atoms in total. The van der Waals surface area contributed by atoms with Crippen molar-refractivity contribution >= 4 is 21.8 Å². The molecule has 1 aromatic carbocycles. The Labute approximate surface area is 163 Å². The molecule has 2 rings (SSSR count). The lowest BCUT2D eigenvalue weighted by molar-refractivity contribution is 0.0923. The van der Waals surface area contributed by atoms with Crippen LogP contribution in [0.1, 0.15) is 60.4 Å². The summed E-state index contributed by atoms with van der Waals surface area (Å²) in [7, 11) is 0. The standard InChI is InChI=1S/C21H27BrN2O2/c1-6-12-24-15(5)17(14(4)18(22)21(24)26)20(25)23-19(13(2)3)16-10-8-7-9-11-16/h7-11,13,19H,6,12H2,1-5H3,(H,23,25)/t19-/m0/s1. The van der Waals surface area contributed by atoms with Gasteiger partial charge in [0.2, 0.25) is 0 Å². The molecule has 1 amide bonds. The first-order valence-corrected chi connectivity index (χ1v) is 9.84. The predicted molar refractivity (Wildman–Crippen MR) is 110 cm³/mol. The number of halogens is 1. The fraction of sp³-hybridized carbons (Fsp3) is 0.429. The van der Waals surface area contributed by atoms with E-state index in [0.717, 1.165) is 12.0 Å². The van der Waals surface area contributed by atoms with Gasteiger partial charge in [-0.15, -0.1) is 0 Å². The van der Waals surface area contributed by atoms with Crippen molar-refractivity contribution < 1.29 is 4.79 Å². The average Bonchev–Trinajstić information content (AvgIpc) is 2.62. The molecule has 140 valence electrons. The summed E-state index contributed by atoms with van der Waals surface area (Å²) < 4.78 is 2.14. The first-order chi connectivity index (χ1) is 12.3. The third kappa shape index (κ3) is 4.09. The van der Waals surface area contributed by atoms with Crippen molar-refractivity contribution in [2.24, 2.45) is 5.92 Å². The van der Waals surface area contributed by atoms with Crippen molar-refractivity contribution in [1.82, 2.24) is 9.88 Å². The zero-order valence-electron chi connectivity index (χ0n) is 16.1. The van der Waals surface area contributed by atoms with E-state index in [1.54, 1.807) is 4.57 Å². The van der Waals surface area contributed by atoms with Crippen LogP contribution >= 0.6 is 15.9 Å². The highest BCUT2D eigenvalue weighted by molar-refractivity contribution is 9.10. The number of nitrogens with zero attached hydrogens (tertiary/aromatic N) is 1. The Balaban J connectivity index is 2.47. The van der Waals surface area contributed by atoms with Gasteiger partial charge in [0.25, 0.3) is 11.5 Å². The summed E-state index contributed by atoms with van der Waals surface area (Å²) >= 11 is 3.38. The maximum atomic E-state index is 13.1.